The Morgan fingerprint density at radius 2 is 2.38 bits per heavy atom. The molecule has 1 aromatic rings. The van der Waals surface area contributed by atoms with Crippen LogP contribution in [0.5, 0.6) is 0 Å². The molecule has 1 unspecified atom stereocenters. The minimum Gasteiger partial charge on any atom is -0.261 e. The van der Waals surface area contributed by atoms with Crippen molar-refractivity contribution >= 4 is 0 Å². The van der Waals surface area contributed by atoms with E-state index in [2.05, 4.69) is 37.0 Å². The first kappa shape index (κ1) is 11.4. The fourth-order valence-electron chi connectivity index (χ4n) is 2.56. The minimum atomic E-state index is 0.695. The van der Waals surface area contributed by atoms with Crippen molar-refractivity contribution in [3.8, 4) is 0 Å². The van der Waals surface area contributed by atoms with Crippen LogP contribution in [0.4, 0.5) is 0 Å². The van der Waals surface area contributed by atoms with Gasteiger partial charge < -0.3 is 0 Å². The molecule has 1 heteroatoms. The summed E-state index contributed by atoms with van der Waals surface area (Å²) in [6, 6.07) is 4.31. The summed E-state index contributed by atoms with van der Waals surface area (Å²) in [5, 5.41) is 0. The monoisotopic (exact) mass is 215 g/mol. The molecule has 0 aliphatic heterocycles. The van der Waals surface area contributed by atoms with Crippen LogP contribution < -0.4 is 0 Å². The van der Waals surface area contributed by atoms with Gasteiger partial charge in [-0.05, 0) is 57.6 Å². The van der Waals surface area contributed by atoms with Crippen LogP contribution in [0.3, 0.4) is 0 Å². The number of hydrogen-bond acceptors (Lipinski definition) is 1. The van der Waals surface area contributed by atoms with E-state index in [9.17, 15) is 0 Å². The summed E-state index contributed by atoms with van der Waals surface area (Å²) in [5.41, 5.74) is 4.28. The Morgan fingerprint density at radius 1 is 1.50 bits per heavy atom. The van der Waals surface area contributed by atoms with E-state index in [-0.39, 0.29) is 0 Å². The number of nitrogens with zero attached hydrogens (tertiary/aromatic N) is 1. The molecule has 0 aromatic carbocycles. The molecule has 16 heavy (non-hydrogen) atoms. The van der Waals surface area contributed by atoms with Gasteiger partial charge in [-0.1, -0.05) is 17.7 Å². The molecule has 1 heterocycles. The van der Waals surface area contributed by atoms with Crippen molar-refractivity contribution in [2.24, 2.45) is 0 Å². The van der Waals surface area contributed by atoms with Crippen LogP contribution in [-0.2, 0) is 6.42 Å². The van der Waals surface area contributed by atoms with E-state index >= 15 is 0 Å². The van der Waals surface area contributed by atoms with Crippen LogP contribution in [-0.4, -0.2) is 4.98 Å². The molecule has 2 rings (SSSR count). The molecular weight excluding hydrogens is 194 g/mol. The molecule has 0 N–H and O–H groups in total. The van der Waals surface area contributed by atoms with Gasteiger partial charge in [0.2, 0.25) is 0 Å². The second kappa shape index (κ2) is 5.29. The summed E-state index contributed by atoms with van der Waals surface area (Å²) < 4.78 is 0. The number of aryl methyl sites for hydroxylation is 1. The second-order valence-electron chi connectivity index (χ2n) is 5.00. The zero-order valence-electron chi connectivity index (χ0n) is 10.4. The number of rotatable bonds is 3. The van der Waals surface area contributed by atoms with Gasteiger partial charge >= 0.3 is 0 Å². The van der Waals surface area contributed by atoms with Gasteiger partial charge in [-0.25, -0.2) is 0 Å². The van der Waals surface area contributed by atoms with Crippen LogP contribution in [0, 0.1) is 0 Å². The number of allylic oxidation sites excluding steroid dienone is 2. The highest BCUT2D eigenvalue weighted by atomic mass is 14.7. The Morgan fingerprint density at radius 3 is 3.19 bits per heavy atom. The van der Waals surface area contributed by atoms with Crippen molar-refractivity contribution < 1.29 is 0 Å². The van der Waals surface area contributed by atoms with Crippen molar-refractivity contribution in [3.05, 3.63) is 41.2 Å². The third kappa shape index (κ3) is 2.72. The molecule has 1 aliphatic carbocycles. The van der Waals surface area contributed by atoms with Crippen molar-refractivity contribution in [2.75, 3.05) is 0 Å². The van der Waals surface area contributed by atoms with Crippen molar-refractivity contribution in [1.29, 1.82) is 0 Å². The van der Waals surface area contributed by atoms with Crippen LogP contribution in [0.1, 0.15) is 56.7 Å². The Hall–Kier alpha value is -1.11. The van der Waals surface area contributed by atoms with Gasteiger partial charge in [0, 0.05) is 17.8 Å². The number of pyridine rings is 1. The van der Waals surface area contributed by atoms with E-state index in [4.69, 9.17) is 0 Å². The lowest BCUT2D eigenvalue weighted by molar-refractivity contribution is 0.510. The highest BCUT2D eigenvalue weighted by Gasteiger charge is 2.20. The highest BCUT2D eigenvalue weighted by Crippen LogP contribution is 2.33. The normalized spacial score (nSPS) is 19.0. The first-order chi connectivity index (χ1) is 7.77. The third-order valence-corrected chi connectivity index (χ3v) is 3.38. The SMILES string of the molecule is CC(C)=CCCC1CCCc2cccnc21. The Bertz CT molecular complexity index is 375. The minimum absolute atomic E-state index is 0.695. The smallest absolute Gasteiger partial charge is 0.0466 e. The Kier molecular flexibility index (Phi) is 3.76. The fraction of sp³-hybridized carbons (Fsp3) is 0.533. The van der Waals surface area contributed by atoms with Crippen molar-refractivity contribution in [3.63, 3.8) is 0 Å². The van der Waals surface area contributed by atoms with E-state index < -0.39 is 0 Å². The second-order valence-corrected chi connectivity index (χ2v) is 5.00. The van der Waals surface area contributed by atoms with Crippen LogP contribution in [0.15, 0.2) is 30.0 Å². The first-order valence-electron chi connectivity index (χ1n) is 6.34. The maximum atomic E-state index is 4.58. The lowest BCUT2D eigenvalue weighted by Crippen LogP contribution is -2.11. The van der Waals surface area contributed by atoms with Gasteiger partial charge in [0.25, 0.3) is 0 Å². The molecule has 1 aromatic heterocycles. The highest BCUT2D eigenvalue weighted by molar-refractivity contribution is 5.25. The van der Waals surface area contributed by atoms with E-state index in [0.29, 0.717) is 5.92 Å². The average Bonchev–Trinajstić information content (AvgIpc) is 2.29. The molecule has 0 fully saturated rings. The first-order valence-corrected chi connectivity index (χ1v) is 6.34. The molecule has 0 saturated heterocycles. The average molecular weight is 215 g/mol. The van der Waals surface area contributed by atoms with Crippen LogP contribution in [0.2, 0.25) is 0 Å². The number of hydrogen-bond donors (Lipinski definition) is 0. The van der Waals surface area contributed by atoms with Crippen molar-refractivity contribution in [2.45, 2.75) is 51.9 Å². The molecule has 0 radical (unpaired) electrons. The lowest BCUT2D eigenvalue weighted by Gasteiger charge is -2.23. The van der Waals surface area contributed by atoms with E-state index in [0.717, 1.165) is 0 Å². The molecule has 0 amide bonds. The molecule has 1 aliphatic rings. The van der Waals surface area contributed by atoms with Gasteiger partial charge in [0.05, 0.1) is 0 Å². The van der Waals surface area contributed by atoms with Crippen LogP contribution >= 0.6 is 0 Å². The maximum Gasteiger partial charge on any atom is 0.0466 e. The van der Waals surface area contributed by atoms with Crippen molar-refractivity contribution in [1.82, 2.24) is 4.98 Å². The largest absolute Gasteiger partial charge is 0.261 e. The van der Waals surface area contributed by atoms with Gasteiger partial charge in [-0.15, -0.1) is 0 Å². The van der Waals surface area contributed by atoms with Crippen LogP contribution in [0.25, 0.3) is 0 Å². The maximum absolute atomic E-state index is 4.58. The summed E-state index contributed by atoms with van der Waals surface area (Å²) in [4.78, 5) is 4.58. The van der Waals surface area contributed by atoms with Gasteiger partial charge in [0.15, 0.2) is 0 Å². The summed E-state index contributed by atoms with van der Waals surface area (Å²) in [6.07, 6.45) is 10.6. The summed E-state index contributed by atoms with van der Waals surface area (Å²) >= 11 is 0. The topological polar surface area (TPSA) is 12.9 Å². The van der Waals surface area contributed by atoms with E-state index in [1.807, 2.05) is 6.20 Å². The van der Waals surface area contributed by atoms with E-state index in [1.165, 1.54) is 48.9 Å². The lowest BCUT2D eigenvalue weighted by atomic mass is 9.84. The molecule has 1 atom stereocenters. The number of fused-ring (bicyclic) bond motifs is 1. The summed E-state index contributed by atoms with van der Waals surface area (Å²) in [6.45, 7) is 4.35. The third-order valence-electron chi connectivity index (χ3n) is 3.38. The van der Waals surface area contributed by atoms with Gasteiger partial charge in [-0.2, -0.15) is 0 Å². The molecule has 0 saturated carbocycles. The van der Waals surface area contributed by atoms with E-state index in [1.54, 1.807) is 0 Å². The zero-order valence-corrected chi connectivity index (χ0v) is 10.4. The molecule has 0 bridgehead atoms. The van der Waals surface area contributed by atoms with Gasteiger partial charge in [0.1, 0.15) is 0 Å². The zero-order chi connectivity index (χ0) is 11.4. The standard InChI is InChI=1S/C15H21N/c1-12(2)6-3-7-13-8-4-9-14-10-5-11-16-15(13)14/h5-6,10-11,13H,3-4,7-9H2,1-2H3. The summed E-state index contributed by atoms with van der Waals surface area (Å²) in [5.74, 6) is 0.695. The molecular formula is C15H21N. The fourth-order valence-corrected chi connectivity index (χ4v) is 2.56. The van der Waals surface area contributed by atoms with Gasteiger partial charge in [-0.3, -0.25) is 4.98 Å². The number of aromatic nitrogens is 1. The molecule has 86 valence electrons. The Balaban J connectivity index is 2.04. The predicted molar refractivity (Wildman–Crippen MR) is 68.6 cm³/mol. The molecule has 1 nitrogen and oxygen atoms in total. The molecule has 0 spiro atoms. The predicted octanol–water partition coefficient (Wildman–Crippen LogP) is 4.25. The Labute approximate surface area is 98.6 Å². The summed E-state index contributed by atoms with van der Waals surface area (Å²) in [7, 11) is 0. The quantitative estimate of drug-likeness (QED) is 0.687.